The van der Waals surface area contributed by atoms with E-state index in [0.717, 1.165) is 63.5 Å². The van der Waals surface area contributed by atoms with Crippen LogP contribution in [0.25, 0.3) is 0 Å². The minimum absolute atomic E-state index is 0.177. The van der Waals surface area contributed by atoms with Gasteiger partial charge in [-0.25, -0.2) is 0 Å². The van der Waals surface area contributed by atoms with E-state index in [4.69, 9.17) is 4.74 Å². The lowest BCUT2D eigenvalue weighted by molar-refractivity contribution is -0.150. The molecule has 2 atom stereocenters. The number of nitrogens with one attached hydrogen (secondary N) is 2. The molecule has 0 unspecified atom stereocenters. The second kappa shape index (κ2) is 23.6. The molecule has 204 valence electrons. The van der Waals surface area contributed by atoms with Crippen molar-refractivity contribution in [2.75, 3.05) is 13.1 Å². The molecule has 0 fully saturated rings. The molecule has 1 rings (SSSR count). The number of rotatable bonds is 21. The average molecular weight is 508 g/mol. The van der Waals surface area contributed by atoms with Gasteiger partial charge in [-0.05, 0) is 83.4 Å². The van der Waals surface area contributed by atoms with Crippen molar-refractivity contribution in [3.8, 4) is 0 Å². The highest BCUT2D eigenvalue weighted by molar-refractivity contribution is 5.75. The zero-order valence-electron chi connectivity index (χ0n) is 23.3. The average Bonchev–Trinajstić information content (AvgIpc) is 2.90. The maximum Gasteiger partial charge on any atom is 0.323 e. The molecule has 0 aliphatic carbocycles. The third kappa shape index (κ3) is 20.0. The fourth-order valence-corrected chi connectivity index (χ4v) is 3.42. The summed E-state index contributed by atoms with van der Waals surface area (Å²) in [5.74, 6) is -0.200. The van der Waals surface area contributed by atoms with Crippen LogP contribution in [0.3, 0.4) is 0 Å². The summed E-state index contributed by atoms with van der Waals surface area (Å²) < 4.78 is 5.53. The molecule has 1 heterocycles. The molecule has 5 nitrogen and oxygen atoms in total. The summed E-state index contributed by atoms with van der Waals surface area (Å²) >= 11 is 0. The van der Waals surface area contributed by atoms with Gasteiger partial charge in [-0.1, -0.05) is 73.8 Å². The Kier molecular flexibility index (Phi) is 20.6. The van der Waals surface area contributed by atoms with Crippen molar-refractivity contribution >= 4 is 5.97 Å². The van der Waals surface area contributed by atoms with Crippen LogP contribution in [-0.4, -0.2) is 36.2 Å². The Morgan fingerprint density at radius 3 is 2.14 bits per heavy atom. The summed E-state index contributed by atoms with van der Waals surface area (Å²) in [6, 6.07) is 3.64. The first kappa shape index (κ1) is 32.3. The number of pyridine rings is 1. The largest absolute Gasteiger partial charge is 0.460 e. The van der Waals surface area contributed by atoms with Gasteiger partial charge in [-0.2, -0.15) is 0 Å². The van der Waals surface area contributed by atoms with Crippen molar-refractivity contribution in [3.63, 3.8) is 0 Å². The zero-order chi connectivity index (χ0) is 26.8. The number of ether oxygens (including phenoxy) is 1. The molecule has 0 aliphatic rings. The number of nitrogens with zero attached hydrogens (tertiary/aromatic N) is 1. The van der Waals surface area contributed by atoms with Crippen molar-refractivity contribution < 1.29 is 9.53 Å². The van der Waals surface area contributed by atoms with Crippen LogP contribution in [-0.2, 0) is 16.1 Å². The maximum atomic E-state index is 12.3. The van der Waals surface area contributed by atoms with Gasteiger partial charge in [0.1, 0.15) is 12.1 Å². The van der Waals surface area contributed by atoms with Gasteiger partial charge < -0.3 is 15.4 Å². The number of carbonyl (C=O) groups is 1. The van der Waals surface area contributed by atoms with Gasteiger partial charge in [-0.3, -0.25) is 9.78 Å². The van der Waals surface area contributed by atoms with Crippen molar-refractivity contribution in [1.29, 1.82) is 0 Å². The van der Waals surface area contributed by atoms with Crippen molar-refractivity contribution in [3.05, 3.63) is 90.9 Å². The third-order valence-electron chi connectivity index (χ3n) is 5.56. The third-order valence-corrected chi connectivity index (χ3v) is 5.56. The quantitative estimate of drug-likeness (QED) is 0.107. The first-order chi connectivity index (χ1) is 18.1. The minimum atomic E-state index is -0.297. The molecule has 37 heavy (non-hydrogen) atoms. The van der Waals surface area contributed by atoms with Gasteiger partial charge in [0, 0.05) is 25.5 Å². The van der Waals surface area contributed by atoms with E-state index in [1.807, 2.05) is 32.2 Å². The molecule has 2 N–H and O–H groups in total. The van der Waals surface area contributed by atoms with Crippen LogP contribution in [0.1, 0.15) is 77.7 Å². The number of hydrogen-bond acceptors (Lipinski definition) is 5. The highest BCUT2D eigenvalue weighted by atomic mass is 16.5. The van der Waals surface area contributed by atoms with Gasteiger partial charge >= 0.3 is 5.97 Å². The van der Waals surface area contributed by atoms with Gasteiger partial charge in [0.2, 0.25) is 0 Å². The van der Waals surface area contributed by atoms with E-state index in [0.29, 0.717) is 13.1 Å². The molecule has 0 radical (unpaired) electrons. The summed E-state index contributed by atoms with van der Waals surface area (Å²) in [6.07, 6.45) is 33.9. The Balaban J connectivity index is 1.97. The monoisotopic (exact) mass is 507 g/mol. The van der Waals surface area contributed by atoms with E-state index in [9.17, 15) is 4.79 Å². The molecule has 5 heteroatoms. The van der Waals surface area contributed by atoms with Crippen LogP contribution in [0.4, 0.5) is 0 Å². The number of esters is 1. The molecule has 0 spiro atoms. The molecule has 0 aromatic carbocycles. The number of carbonyl (C=O) groups excluding carboxylic acids is 1. The van der Waals surface area contributed by atoms with Crippen molar-refractivity contribution in [2.45, 2.75) is 90.8 Å². The van der Waals surface area contributed by atoms with Crippen LogP contribution < -0.4 is 10.6 Å². The number of unbranched alkanes of at least 4 members (excludes halogenated alkanes) is 2. The SMILES string of the molecule is CC/C=C\CC=CCC=CC/C=C\C/C=C\CCCCN[C@@H](C)C(=O)O[C@H](C)CNCc1cccnc1. The predicted octanol–water partition coefficient (Wildman–Crippen LogP) is 7.00. The molecule has 0 saturated heterocycles. The smallest absolute Gasteiger partial charge is 0.323 e. The van der Waals surface area contributed by atoms with Gasteiger partial charge in [0.25, 0.3) is 0 Å². The lowest BCUT2D eigenvalue weighted by Crippen LogP contribution is -2.39. The van der Waals surface area contributed by atoms with E-state index in [-0.39, 0.29) is 18.1 Å². The highest BCUT2D eigenvalue weighted by Gasteiger charge is 2.16. The van der Waals surface area contributed by atoms with Gasteiger partial charge in [0.15, 0.2) is 0 Å². The van der Waals surface area contributed by atoms with Gasteiger partial charge in [0.05, 0.1) is 0 Å². The molecule has 0 aliphatic heterocycles. The lowest BCUT2D eigenvalue weighted by Gasteiger charge is -2.18. The second-order valence-corrected chi connectivity index (χ2v) is 9.12. The van der Waals surface area contributed by atoms with Crippen LogP contribution in [0.2, 0.25) is 0 Å². The maximum absolute atomic E-state index is 12.3. The molecule has 0 saturated carbocycles. The Hall–Kier alpha value is -2.76. The highest BCUT2D eigenvalue weighted by Crippen LogP contribution is 2.01. The fourth-order valence-electron chi connectivity index (χ4n) is 3.42. The molecule has 0 bridgehead atoms. The summed E-state index contributed by atoms with van der Waals surface area (Å²) in [4.78, 5) is 16.4. The first-order valence-electron chi connectivity index (χ1n) is 13.9. The van der Waals surface area contributed by atoms with Crippen molar-refractivity contribution in [1.82, 2.24) is 15.6 Å². The van der Waals surface area contributed by atoms with E-state index < -0.39 is 0 Å². The molecule has 1 aromatic rings. The second-order valence-electron chi connectivity index (χ2n) is 9.12. The summed E-state index contributed by atoms with van der Waals surface area (Å²) in [7, 11) is 0. The predicted molar refractivity (Wildman–Crippen MR) is 157 cm³/mol. The molecule has 0 amide bonds. The van der Waals surface area contributed by atoms with Crippen molar-refractivity contribution in [2.24, 2.45) is 0 Å². The summed E-state index contributed by atoms with van der Waals surface area (Å²) in [5, 5.41) is 6.57. The first-order valence-corrected chi connectivity index (χ1v) is 13.9. The van der Waals surface area contributed by atoms with E-state index in [1.165, 1.54) is 0 Å². The Morgan fingerprint density at radius 2 is 1.54 bits per heavy atom. The standard InChI is InChI=1S/C32H49N3O2/c1-4-5-6-7-8-9-10-11-12-13-14-15-16-17-18-19-20-21-25-35-30(3)32(36)37-29(2)26-34-28-31-23-22-24-33-27-31/h5-6,8-9,11-12,14-15,17-18,22-24,27,29-30,34-35H,4,7,10,13,16,19-21,25-26,28H2,1-3H3/b6-5-,9-8?,12-11?,15-14-,18-17-/t29-,30+/m1/s1. The summed E-state index contributed by atoms with van der Waals surface area (Å²) in [5.41, 5.74) is 1.11. The normalized spacial score (nSPS) is 14.0. The van der Waals surface area contributed by atoms with Crippen LogP contribution in [0.5, 0.6) is 0 Å². The van der Waals surface area contributed by atoms with E-state index >= 15 is 0 Å². The van der Waals surface area contributed by atoms with Crippen LogP contribution >= 0.6 is 0 Å². The van der Waals surface area contributed by atoms with E-state index in [1.54, 1.807) is 6.20 Å². The fraction of sp³-hybridized carbons (Fsp3) is 0.500. The Morgan fingerprint density at radius 1 is 0.919 bits per heavy atom. The summed E-state index contributed by atoms with van der Waals surface area (Å²) in [6.45, 7) is 8.06. The van der Waals surface area contributed by atoms with E-state index in [2.05, 4.69) is 83.3 Å². The van der Waals surface area contributed by atoms with Crippen LogP contribution in [0.15, 0.2) is 85.3 Å². The number of hydrogen-bond donors (Lipinski definition) is 2. The zero-order valence-corrected chi connectivity index (χ0v) is 23.3. The topological polar surface area (TPSA) is 63.2 Å². The lowest BCUT2D eigenvalue weighted by atomic mass is 10.2. The molecular weight excluding hydrogens is 458 g/mol. The number of allylic oxidation sites excluding steroid dienone is 10. The number of aromatic nitrogens is 1. The molecular formula is C32H49N3O2. The van der Waals surface area contributed by atoms with Gasteiger partial charge in [-0.15, -0.1) is 0 Å². The molecule has 1 aromatic heterocycles. The Labute approximate surface area is 225 Å². The van der Waals surface area contributed by atoms with Crippen LogP contribution in [0, 0.1) is 0 Å². The Bertz CT molecular complexity index is 828. The minimum Gasteiger partial charge on any atom is -0.460 e.